The summed E-state index contributed by atoms with van der Waals surface area (Å²) >= 11 is 0. The van der Waals surface area contributed by atoms with Gasteiger partial charge in [-0.3, -0.25) is 4.68 Å². The van der Waals surface area contributed by atoms with E-state index in [1.54, 1.807) is 0 Å². The summed E-state index contributed by atoms with van der Waals surface area (Å²) in [6.07, 6.45) is 0. The van der Waals surface area contributed by atoms with E-state index in [0.717, 1.165) is 45.1 Å². The Morgan fingerprint density at radius 1 is 1.26 bits per heavy atom. The van der Waals surface area contributed by atoms with E-state index in [1.165, 1.54) is 10.9 Å². The lowest BCUT2D eigenvalue weighted by Gasteiger charge is -2.26. The average Bonchev–Trinajstić information content (AvgIpc) is 2.84. The number of fused-ring (bicyclic) bond motifs is 1. The van der Waals surface area contributed by atoms with E-state index in [2.05, 4.69) is 51.4 Å². The molecule has 1 N–H and O–H groups in total. The summed E-state index contributed by atoms with van der Waals surface area (Å²) in [6, 6.07) is 8.41. The second kappa shape index (κ2) is 5.69. The van der Waals surface area contributed by atoms with Crippen LogP contribution in [0, 0.1) is 0 Å². The molecule has 2 aromatic rings. The maximum absolute atomic E-state index is 5.34. The first-order valence-electron chi connectivity index (χ1n) is 6.89. The Bertz CT molecular complexity index is 545. The number of rotatable bonds is 4. The highest BCUT2D eigenvalue weighted by Gasteiger charge is 2.12. The number of benzene rings is 1. The molecular formula is C14H20N4O. The van der Waals surface area contributed by atoms with Crippen molar-refractivity contribution in [2.75, 3.05) is 26.3 Å². The highest BCUT2D eigenvalue weighted by atomic mass is 16.5. The van der Waals surface area contributed by atoms with Crippen molar-refractivity contribution in [3.63, 3.8) is 0 Å². The monoisotopic (exact) mass is 260 g/mol. The van der Waals surface area contributed by atoms with Gasteiger partial charge in [-0.25, -0.2) is 10.4 Å². The van der Waals surface area contributed by atoms with Crippen LogP contribution < -0.4 is 5.43 Å². The van der Waals surface area contributed by atoms with Crippen molar-refractivity contribution in [2.45, 2.75) is 20.0 Å². The third-order valence-electron chi connectivity index (χ3n) is 3.52. The van der Waals surface area contributed by atoms with Gasteiger partial charge in [-0.2, -0.15) is 5.10 Å². The summed E-state index contributed by atoms with van der Waals surface area (Å²) in [5.41, 5.74) is 5.77. The van der Waals surface area contributed by atoms with E-state index in [1.807, 2.05) is 0 Å². The van der Waals surface area contributed by atoms with E-state index < -0.39 is 0 Å². The van der Waals surface area contributed by atoms with Crippen LogP contribution >= 0.6 is 0 Å². The molecule has 0 spiro atoms. The Labute approximate surface area is 113 Å². The molecule has 0 bridgehead atoms. The number of nitrogens with one attached hydrogen (secondary N) is 1. The van der Waals surface area contributed by atoms with Crippen molar-refractivity contribution >= 4 is 10.9 Å². The topological polar surface area (TPSA) is 42.3 Å². The molecule has 1 aromatic heterocycles. The molecule has 1 aromatic carbocycles. The minimum atomic E-state index is 0.771. The van der Waals surface area contributed by atoms with Crippen LogP contribution in [0.25, 0.3) is 10.9 Å². The van der Waals surface area contributed by atoms with E-state index in [0.29, 0.717) is 0 Å². The molecule has 0 aliphatic carbocycles. The van der Waals surface area contributed by atoms with E-state index in [-0.39, 0.29) is 0 Å². The number of para-hydroxylation sites is 1. The van der Waals surface area contributed by atoms with Crippen molar-refractivity contribution in [3.8, 4) is 0 Å². The Hall–Kier alpha value is -1.43. The SMILES string of the molecule is CCn1nc(CNN2CCOCC2)c2ccccc21. The van der Waals surface area contributed by atoms with Gasteiger partial charge < -0.3 is 4.74 Å². The molecule has 5 nitrogen and oxygen atoms in total. The highest BCUT2D eigenvalue weighted by Crippen LogP contribution is 2.18. The van der Waals surface area contributed by atoms with Gasteiger partial charge in [0.25, 0.3) is 0 Å². The van der Waals surface area contributed by atoms with Gasteiger partial charge >= 0.3 is 0 Å². The number of nitrogens with zero attached hydrogens (tertiary/aromatic N) is 3. The first-order chi connectivity index (χ1) is 9.38. The fourth-order valence-corrected chi connectivity index (χ4v) is 2.48. The summed E-state index contributed by atoms with van der Waals surface area (Å²) in [6.45, 7) is 7.28. The lowest BCUT2D eigenvalue weighted by atomic mass is 10.2. The molecular weight excluding hydrogens is 240 g/mol. The Morgan fingerprint density at radius 2 is 2.05 bits per heavy atom. The zero-order valence-corrected chi connectivity index (χ0v) is 11.3. The molecule has 0 saturated carbocycles. The number of hydrogen-bond donors (Lipinski definition) is 1. The van der Waals surface area contributed by atoms with Gasteiger partial charge in [0.1, 0.15) is 0 Å². The number of aryl methyl sites for hydroxylation is 1. The predicted molar refractivity (Wildman–Crippen MR) is 74.6 cm³/mol. The molecule has 102 valence electrons. The smallest absolute Gasteiger partial charge is 0.0855 e. The predicted octanol–water partition coefficient (Wildman–Crippen LogP) is 1.39. The average molecular weight is 260 g/mol. The molecule has 1 saturated heterocycles. The number of ether oxygens (including phenoxy) is 1. The summed E-state index contributed by atoms with van der Waals surface area (Å²) in [5, 5.41) is 8.14. The largest absolute Gasteiger partial charge is 0.379 e. The fourth-order valence-electron chi connectivity index (χ4n) is 2.48. The van der Waals surface area contributed by atoms with Crippen LogP contribution in [-0.2, 0) is 17.8 Å². The molecule has 5 heteroatoms. The van der Waals surface area contributed by atoms with Gasteiger partial charge in [0, 0.05) is 25.0 Å². The summed E-state index contributed by atoms with van der Waals surface area (Å²) < 4.78 is 7.40. The lowest BCUT2D eigenvalue weighted by molar-refractivity contribution is 0.0104. The summed E-state index contributed by atoms with van der Waals surface area (Å²) in [7, 11) is 0. The Balaban J connectivity index is 1.76. The quantitative estimate of drug-likeness (QED) is 0.902. The normalized spacial score (nSPS) is 17.1. The van der Waals surface area contributed by atoms with Crippen LogP contribution in [0.15, 0.2) is 24.3 Å². The number of aromatic nitrogens is 2. The molecule has 0 radical (unpaired) electrons. The van der Waals surface area contributed by atoms with Crippen molar-refractivity contribution in [3.05, 3.63) is 30.0 Å². The maximum atomic E-state index is 5.34. The molecule has 3 rings (SSSR count). The zero-order chi connectivity index (χ0) is 13.1. The van der Waals surface area contributed by atoms with E-state index >= 15 is 0 Å². The van der Waals surface area contributed by atoms with Gasteiger partial charge in [-0.15, -0.1) is 0 Å². The van der Waals surface area contributed by atoms with Crippen molar-refractivity contribution in [1.82, 2.24) is 20.2 Å². The van der Waals surface area contributed by atoms with Gasteiger partial charge in [0.05, 0.1) is 31.0 Å². The van der Waals surface area contributed by atoms with Gasteiger partial charge in [-0.05, 0) is 13.0 Å². The Morgan fingerprint density at radius 3 is 2.84 bits per heavy atom. The molecule has 1 aliphatic rings. The van der Waals surface area contributed by atoms with Crippen LogP contribution in [-0.4, -0.2) is 41.1 Å². The second-order valence-corrected chi connectivity index (χ2v) is 4.71. The van der Waals surface area contributed by atoms with Gasteiger partial charge in [-0.1, -0.05) is 18.2 Å². The van der Waals surface area contributed by atoms with Crippen LogP contribution in [0.1, 0.15) is 12.6 Å². The maximum Gasteiger partial charge on any atom is 0.0855 e. The number of hydrazine groups is 1. The van der Waals surface area contributed by atoms with Crippen molar-refractivity contribution in [1.29, 1.82) is 0 Å². The second-order valence-electron chi connectivity index (χ2n) is 4.71. The minimum Gasteiger partial charge on any atom is -0.379 e. The van der Waals surface area contributed by atoms with Crippen LogP contribution in [0.5, 0.6) is 0 Å². The molecule has 0 atom stereocenters. The van der Waals surface area contributed by atoms with Crippen molar-refractivity contribution in [2.24, 2.45) is 0 Å². The standard InChI is InChI=1S/C14H20N4O/c1-2-18-14-6-4-3-5-12(14)13(16-18)11-15-17-7-9-19-10-8-17/h3-6,15H,2,7-11H2,1H3. The third kappa shape index (κ3) is 2.63. The summed E-state index contributed by atoms with van der Waals surface area (Å²) in [4.78, 5) is 0. The number of morpholine rings is 1. The van der Waals surface area contributed by atoms with E-state index in [4.69, 9.17) is 4.74 Å². The zero-order valence-electron chi connectivity index (χ0n) is 11.3. The van der Waals surface area contributed by atoms with Crippen LogP contribution in [0.3, 0.4) is 0 Å². The third-order valence-corrected chi connectivity index (χ3v) is 3.52. The molecule has 19 heavy (non-hydrogen) atoms. The molecule has 1 aliphatic heterocycles. The molecule has 0 amide bonds. The Kier molecular flexibility index (Phi) is 3.77. The number of hydrogen-bond acceptors (Lipinski definition) is 4. The first-order valence-corrected chi connectivity index (χ1v) is 6.89. The van der Waals surface area contributed by atoms with Crippen molar-refractivity contribution < 1.29 is 4.74 Å². The molecule has 1 fully saturated rings. The van der Waals surface area contributed by atoms with Crippen LogP contribution in [0.2, 0.25) is 0 Å². The first kappa shape index (κ1) is 12.6. The molecule has 0 unspecified atom stereocenters. The highest BCUT2D eigenvalue weighted by molar-refractivity contribution is 5.81. The summed E-state index contributed by atoms with van der Waals surface area (Å²) in [5.74, 6) is 0. The fraction of sp³-hybridized carbons (Fsp3) is 0.500. The molecule has 2 heterocycles. The van der Waals surface area contributed by atoms with Gasteiger partial charge in [0.15, 0.2) is 0 Å². The lowest BCUT2D eigenvalue weighted by Crippen LogP contribution is -2.45. The minimum absolute atomic E-state index is 0.771. The van der Waals surface area contributed by atoms with Gasteiger partial charge in [0.2, 0.25) is 0 Å². The van der Waals surface area contributed by atoms with E-state index in [9.17, 15) is 0 Å². The van der Waals surface area contributed by atoms with Crippen LogP contribution in [0.4, 0.5) is 0 Å².